The highest BCUT2D eigenvalue weighted by molar-refractivity contribution is 7.89. The lowest BCUT2D eigenvalue weighted by atomic mass is 10.1. The zero-order valence-corrected chi connectivity index (χ0v) is 21.5. The second kappa shape index (κ2) is 11.0. The number of carbonyl (C=O) groups excluding carboxylic acids is 2. The molecular weight excluding hydrogens is 478 g/mol. The first-order valence-corrected chi connectivity index (χ1v) is 13.2. The Hall–Kier alpha value is -2.20. The molecule has 1 aliphatic heterocycles. The number of nitrogens with one attached hydrogen (secondary N) is 1. The summed E-state index contributed by atoms with van der Waals surface area (Å²) < 4.78 is 33.6. The Morgan fingerprint density at radius 1 is 1.21 bits per heavy atom. The number of carbonyl (C=O) groups is 2. The Labute approximate surface area is 206 Å². The molecule has 2 aromatic carbocycles. The summed E-state index contributed by atoms with van der Waals surface area (Å²) in [4.78, 5) is 29.4. The largest absolute Gasteiger partial charge is 0.385 e. The van der Waals surface area contributed by atoms with E-state index >= 15 is 0 Å². The van der Waals surface area contributed by atoms with Gasteiger partial charge in [-0.2, -0.15) is 4.72 Å². The Morgan fingerprint density at radius 3 is 2.56 bits per heavy atom. The van der Waals surface area contributed by atoms with Gasteiger partial charge in [0.05, 0.1) is 4.90 Å². The summed E-state index contributed by atoms with van der Waals surface area (Å²) in [6.07, 6.45) is 0.992. The summed E-state index contributed by atoms with van der Waals surface area (Å²) in [5, 5.41) is 2.12. The number of hydrogen-bond acceptors (Lipinski definition) is 5. The van der Waals surface area contributed by atoms with Crippen LogP contribution in [0, 0.1) is 0 Å². The summed E-state index contributed by atoms with van der Waals surface area (Å²) in [6, 6.07) is 8.31. The minimum atomic E-state index is -3.93. The van der Waals surface area contributed by atoms with Gasteiger partial charge in [0.1, 0.15) is 12.1 Å². The fraction of sp³-hybridized carbons (Fsp3) is 0.500. The molecule has 0 radical (unpaired) electrons. The van der Waals surface area contributed by atoms with Gasteiger partial charge in [-0.1, -0.05) is 23.7 Å². The summed E-state index contributed by atoms with van der Waals surface area (Å²) in [6.45, 7) is 6.92. The molecule has 186 valence electrons. The molecular formula is C24H32ClN3O5S. The number of likely N-dealkylation sites (tertiary alicyclic amines) is 1. The van der Waals surface area contributed by atoms with Crippen molar-refractivity contribution in [2.24, 2.45) is 0 Å². The summed E-state index contributed by atoms with van der Waals surface area (Å²) in [5.41, 5.74) is 0. The third kappa shape index (κ3) is 5.89. The quantitative estimate of drug-likeness (QED) is 0.497. The number of hydrogen-bond donors (Lipinski definition) is 1. The third-order valence-corrected chi connectivity index (χ3v) is 7.80. The zero-order chi connectivity index (χ0) is 25.0. The molecule has 34 heavy (non-hydrogen) atoms. The van der Waals surface area contributed by atoms with E-state index in [9.17, 15) is 18.0 Å². The minimum Gasteiger partial charge on any atom is -0.385 e. The number of amides is 2. The number of ether oxygens (including phenoxy) is 1. The van der Waals surface area contributed by atoms with Crippen LogP contribution in [0.1, 0.15) is 33.6 Å². The van der Waals surface area contributed by atoms with Gasteiger partial charge in [-0.15, -0.1) is 0 Å². The molecule has 1 fully saturated rings. The van der Waals surface area contributed by atoms with Gasteiger partial charge in [-0.3, -0.25) is 9.59 Å². The lowest BCUT2D eigenvalue weighted by molar-refractivity contribution is -0.144. The Bertz CT molecular complexity index is 1150. The molecule has 0 unspecified atom stereocenters. The Morgan fingerprint density at radius 2 is 1.88 bits per heavy atom. The predicted molar refractivity (Wildman–Crippen MR) is 132 cm³/mol. The van der Waals surface area contributed by atoms with Gasteiger partial charge in [-0.05, 0) is 68.7 Å². The Kier molecular flexibility index (Phi) is 8.57. The lowest BCUT2D eigenvalue weighted by Crippen LogP contribution is -2.52. The van der Waals surface area contributed by atoms with Gasteiger partial charge < -0.3 is 14.5 Å². The second-order valence-electron chi connectivity index (χ2n) is 8.80. The van der Waals surface area contributed by atoms with E-state index in [1.807, 2.05) is 13.8 Å². The number of fused-ring (bicyclic) bond motifs is 1. The number of benzene rings is 2. The van der Waals surface area contributed by atoms with Crippen molar-refractivity contribution < 1.29 is 22.7 Å². The van der Waals surface area contributed by atoms with Crippen molar-refractivity contribution in [2.75, 3.05) is 26.8 Å². The lowest BCUT2D eigenvalue weighted by Gasteiger charge is -2.33. The van der Waals surface area contributed by atoms with E-state index in [-0.39, 0.29) is 16.8 Å². The first-order chi connectivity index (χ1) is 16.0. The number of sulfonamides is 1. The first kappa shape index (κ1) is 26.4. The number of rotatable bonds is 10. The van der Waals surface area contributed by atoms with E-state index in [2.05, 4.69) is 4.72 Å². The van der Waals surface area contributed by atoms with Crippen molar-refractivity contribution in [3.63, 3.8) is 0 Å². The first-order valence-electron chi connectivity index (χ1n) is 11.4. The smallest absolute Gasteiger partial charge is 0.245 e. The van der Waals surface area contributed by atoms with Gasteiger partial charge in [0.2, 0.25) is 21.8 Å². The van der Waals surface area contributed by atoms with E-state index in [1.165, 1.54) is 11.0 Å². The van der Waals surface area contributed by atoms with Crippen LogP contribution in [0.3, 0.4) is 0 Å². The SMILES string of the molecule is COCCCN(C(=O)[C@H](C)N1CC[C@H](NS(=O)(=O)c2ccc3cc(Cl)ccc3c2)C1=O)C(C)C. The molecule has 2 atom stereocenters. The highest BCUT2D eigenvalue weighted by atomic mass is 35.5. The third-order valence-electron chi connectivity index (χ3n) is 6.10. The molecule has 0 saturated carbocycles. The molecule has 2 aromatic rings. The standard InChI is InChI=1S/C24H32ClN3O5S/c1-16(2)27(11-5-13-33-4)23(29)17(3)28-12-10-22(24(28)30)26-34(31,32)21-9-7-18-14-20(25)8-6-19(18)15-21/h6-9,14-17,22,26H,5,10-13H2,1-4H3/t17-,22-/m0/s1. The van der Waals surface area contributed by atoms with Crippen LogP contribution >= 0.6 is 11.6 Å². The number of methoxy groups -OCH3 is 1. The molecule has 8 nitrogen and oxygen atoms in total. The zero-order valence-electron chi connectivity index (χ0n) is 20.0. The van der Waals surface area contributed by atoms with Crippen LogP contribution < -0.4 is 4.72 Å². The summed E-state index contributed by atoms with van der Waals surface area (Å²) in [5.74, 6) is -0.547. The fourth-order valence-corrected chi connectivity index (χ4v) is 5.63. The topological polar surface area (TPSA) is 96.0 Å². The van der Waals surface area contributed by atoms with Crippen molar-refractivity contribution >= 4 is 44.2 Å². The second-order valence-corrected chi connectivity index (χ2v) is 10.9. The molecule has 1 aliphatic rings. The van der Waals surface area contributed by atoms with Crippen LogP contribution in [-0.4, -0.2) is 75.0 Å². The van der Waals surface area contributed by atoms with E-state index in [0.29, 0.717) is 37.6 Å². The molecule has 2 amide bonds. The van der Waals surface area contributed by atoms with Gasteiger partial charge in [0.15, 0.2) is 0 Å². The van der Waals surface area contributed by atoms with Gasteiger partial charge in [0.25, 0.3) is 0 Å². The molecule has 1 saturated heterocycles. The molecule has 1 heterocycles. The molecule has 0 spiro atoms. The summed E-state index contributed by atoms with van der Waals surface area (Å²) in [7, 11) is -2.32. The maximum absolute atomic E-state index is 13.1. The Balaban J connectivity index is 1.70. The molecule has 3 rings (SSSR count). The average molecular weight is 510 g/mol. The van der Waals surface area contributed by atoms with Gasteiger partial charge >= 0.3 is 0 Å². The molecule has 1 N–H and O–H groups in total. The van der Waals surface area contributed by atoms with Crippen molar-refractivity contribution in [1.82, 2.24) is 14.5 Å². The molecule has 10 heteroatoms. The van der Waals surface area contributed by atoms with Crippen LogP contribution in [0.5, 0.6) is 0 Å². The van der Waals surface area contributed by atoms with Crippen molar-refractivity contribution in [2.45, 2.75) is 56.6 Å². The van der Waals surface area contributed by atoms with Crippen LogP contribution in [0.15, 0.2) is 41.3 Å². The van der Waals surface area contributed by atoms with Crippen molar-refractivity contribution in [3.05, 3.63) is 41.4 Å². The van der Waals surface area contributed by atoms with Crippen LogP contribution in [-0.2, 0) is 24.3 Å². The highest BCUT2D eigenvalue weighted by Gasteiger charge is 2.40. The monoisotopic (exact) mass is 509 g/mol. The maximum Gasteiger partial charge on any atom is 0.245 e. The van der Waals surface area contributed by atoms with E-state index in [1.54, 1.807) is 49.3 Å². The molecule has 0 bridgehead atoms. The number of nitrogens with zero attached hydrogens (tertiary/aromatic N) is 2. The van der Waals surface area contributed by atoms with E-state index < -0.39 is 28.0 Å². The molecule has 0 aromatic heterocycles. The van der Waals surface area contributed by atoms with Crippen LogP contribution in [0.4, 0.5) is 0 Å². The maximum atomic E-state index is 13.1. The minimum absolute atomic E-state index is 0.0263. The van der Waals surface area contributed by atoms with Crippen molar-refractivity contribution in [3.8, 4) is 0 Å². The summed E-state index contributed by atoms with van der Waals surface area (Å²) >= 11 is 6.00. The van der Waals surface area contributed by atoms with E-state index in [4.69, 9.17) is 16.3 Å². The van der Waals surface area contributed by atoms with E-state index in [0.717, 1.165) is 10.8 Å². The van der Waals surface area contributed by atoms with Gasteiger partial charge in [0, 0.05) is 37.9 Å². The predicted octanol–water partition coefficient (Wildman–Crippen LogP) is 3.03. The van der Waals surface area contributed by atoms with Crippen molar-refractivity contribution in [1.29, 1.82) is 0 Å². The fourth-order valence-electron chi connectivity index (χ4n) is 4.19. The number of halogens is 1. The molecule has 0 aliphatic carbocycles. The average Bonchev–Trinajstić information content (AvgIpc) is 3.14. The van der Waals surface area contributed by atoms with Crippen LogP contribution in [0.25, 0.3) is 10.8 Å². The van der Waals surface area contributed by atoms with Crippen LogP contribution in [0.2, 0.25) is 5.02 Å². The van der Waals surface area contributed by atoms with Gasteiger partial charge in [-0.25, -0.2) is 8.42 Å². The highest BCUT2D eigenvalue weighted by Crippen LogP contribution is 2.24. The normalized spacial score (nSPS) is 17.5.